The fourth-order valence-corrected chi connectivity index (χ4v) is 2.94. The van der Waals surface area contributed by atoms with Crippen molar-refractivity contribution in [1.82, 2.24) is 5.32 Å². The molecule has 1 aromatic carbocycles. The number of fused-ring (bicyclic) bond motifs is 1. The van der Waals surface area contributed by atoms with Crippen LogP contribution in [0.25, 0.3) is 0 Å². The Morgan fingerprint density at radius 2 is 2.19 bits per heavy atom. The van der Waals surface area contributed by atoms with Gasteiger partial charge < -0.3 is 16.0 Å². The highest BCUT2D eigenvalue weighted by atomic mass is 19.1. The number of amides is 2. The Labute approximate surface area is 122 Å². The Bertz CT molecular complexity index is 603. The lowest BCUT2D eigenvalue weighted by Gasteiger charge is -2.20. The number of aryl methyl sites for hydroxylation is 1. The number of hydrogen-bond acceptors (Lipinski definition) is 3. The van der Waals surface area contributed by atoms with Gasteiger partial charge in [-0.1, -0.05) is 0 Å². The van der Waals surface area contributed by atoms with Gasteiger partial charge >= 0.3 is 0 Å². The maximum absolute atomic E-state index is 14.1. The second-order valence-corrected chi connectivity index (χ2v) is 5.66. The van der Waals surface area contributed by atoms with E-state index in [9.17, 15) is 14.0 Å². The zero-order chi connectivity index (χ0) is 15.0. The first kappa shape index (κ1) is 14.0. The summed E-state index contributed by atoms with van der Waals surface area (Å²) in [5, 5.41) is 8.55. The molecule has 5 nitrogen and oxygen atoms in total. The molecule has 3 N–H and O–H groups in total. The maximum Gasteiger partial charge on any atom is 0.229 e. The number of hydrogen-bond donors (Lipinski definition) is 3. The van der Waals surface area contributed by atoms with Crippen molar-refractivity contribution >= 4 is 23.2 Å². The standard InChI is InChI=1S/C15H18FN3O2/c1-8-10(4-5-17-8)15(21)19-13-7-12-9(6-11(13)16)2-3-14(20)18-12/h6-8,10,17H,2-5H2,1H3,(H,18,20)(H,19,21). The molecule has 0 aromatic heterocycles. The van der Waals surface area contributed by atoms with Gasteiger partial charge in [0.05, 0.1) is 11.6 Å². The molecule has 0 aliphatic carbocycles. The lowest BCUT2D eigenvalue weighted by molar-refractivity contribution is -0.120. The van der Waals surface area contributed by atoms with E-state index in [1.54, 1.807) is 0 Å². The van der Waals surface area contributed by atoms with Gasteiger partial charge in [0.2, 0.25) is 11.8 Å². The molecule has 2 heterocycles. The zero-order valence-corrected chi connectivity index (χ0v) is 11.8. The maximum atomic E-state index is 14.1. The molecule has 1 fully saturated rings. The van der Waals surface area contributed by atoms with Gasteiger partial charge in [0.25, 0.3) is 0 Å². The van der Waals surface area contributed by atoms with E-state index in [1.807, 2.05) is 6.92 Å². The van der Waals surface area contributed by atoms with Crippen molar-refractivity contribution in [2.24, 2.45) is 5.92 Å². The second kappa shape index (κ2) is 5.44. The molecule has 0 radical (unpaired) electrons. The van der Waals surface area contributed by atoms with E-state index >= 15 is 0 Å². The van der Waals surface area contributed by atoms with Crippen LogP contribution >= 0.6 is 0 Å². The SMILES string of the molecule is CC1NCCC1C(=O)Nc1cc2c(cc1F)CCC(=O)N2. The molecular formula is C15H18FN3O2. The van der Waals surface area contributed by atoms with Gasteiger partial charge in [-0.15, -0.1) is 0 Å². The summed E-state index contributed by atoms with van der Waals surface area (Å²) in [6, 6.07) is 2.98. The molecule has 21 heavy (non-hydrogen) atoms. The van der Waals surface area contributed by atoms with Gasteiger partial charge in [-0.2, -0.15) is 0 Å². The first-order chi connectivity index (χ1) is 10.0. The Kier molecular flexibility index (Phi) is 3.63. The number of rotatable bonds is 2. The molecule has 2 atom stereocenters. The van der Waals surface area contributed by atoms with Crippen molar-refractivity contribution in [3.05, 3.63) is 23.5 Å². The third-order valence-electron chi connectivity index (χ3n) is 4.21. The summed E-state index contributed by atoms with van der Waals surface area (Å²) in [4.78, 5) is 23.6. The molecule has 0 bridgehead atoms. The molecule has 0 spiro atoms. The third kappa shape index (κ3) is 2.76. The number of anilines is 2. The normalized spacial score (nSPS) is 24.4. The highest BCUT2D eigenvalue weighted by Crippen LogP contribution is 2.29. The van der Waals surface area contributed by atoms with E-state index < -0.39 is 5.82 Å². The van der Waals surface area contributed by atoms with E-state index in [0.29, 0.717) is 18.5 Å². The van der Waals surface area contributed by atoms with E-state index in [0.717, 1.165) is 18.5 Å². The molecule has 112 valence electrons. The second-order valence-electron chi connectivity index (χ2n) is 5.66. The van der Waals surface area contributed by atoms with Crippen molar-refractivity contribution in [3.8, 4) is 0 Å². The van der Waals surface area contributed by atoms with Crippen molar-refractivity contribution in [3.63, 3.8) is 0 Å². The van der Waals surface area contributed by atoms with Crippen LogP contribution in [0.5, 0.6) is 0 Å². The average Bonchev–Trinajstić information content (AvgIpc) is 2.86. The molecule has 0 saturated carbocycles. The third-order valence-corrected chi connectivity index (χ3v) is 4.21. The number of carbonyl (C=O) groups is 2. The average molecular weight is 291 g/mol. The summed E-state index contributed by atoms with van der Waals surface area (Å²) in [7, 11) is 0. The van der Waals surface area contributed by atoms with Crippen molar-refractivity contribution in [2.75, 3.05) is 17.2 Å². The largest absolute Gasteiger partial charge is 0.326 e. The minimum atomic E-state index is -0.461. The van der Waals surface area contributed by atoms with E-state index in [1.165, 1.54) is 12.1 Å². The van der Waals surface area contributed by atoms with Crippen LogP contribution in [-0.2, 0) is 16.0 Å². The number of halogens is 1. The van der Waals surface area contributed by atoms with E-state index in [4.69, 9.17) is 0 Å². The quantitative estimate of drug-likeness (QED) is 0.776. The lowest BCUT2D eigenvalue weighted by atomic mass is 10.00. The van der Waals surface area contributed by atoms with Crippen LogP contribution in [-0.4, -0.2) is 24.4 Å². The minimum Gasteiger partial charge on any atom is -0.326 e. The van der Waals surface area contributed by atoms with E-state index in [-0.39, 0.29) is 29.5 Å². The molecule has 6 heteroatoms. The van der Waals surface area contributed by atoms with Crippen LogP contribution in [0.1, 0.15) is 25.3 Å². The van der Waals surface area contributed by atoms with Crippen LogP contribution in [0.3, 0.4) is 0 Å². The van der Waals surface area contributed by atoms with Gasteiger partial charge in [0.15, 0.2) is 0 Å². The van der Waals surface area contributed by atoms with Gasteiger partial charge in [0, 0.05) is 18.2 Å². The van der Waals surface area contributed by atoms with Crippen molar-refractivity contribution in [2.45, 2.75) is 32.2 Å². The van der Waals surface area contributed by atoms with Crippen LogP contribution in [0.2, 0.25) is 0 Å². The smallest absolute Gasteiger partial charge is 0.229 e. The topological polar surface area (TPSA) is 70.2 Å². The number of carbonyl (C=O) groups excluding carboxylic acids is 2. The summed E-state index contributed by atoms with van der Waals surface area (Å²) < 4.78 is 14.1. The summed E-state index contributed by atoms with van der Waals surface area (Å²) in [6.45, 7) is 2.74. The van der Waals surface area contributed by atoms with Gasteiger partial charge in [-0.05, 0) is 44.0 Å². The Morgan fingerprint density at radius 1 is 1.38 bits per heavy atom. The van der Waals surface area contributed by atoms with Crippen LogP contribution < -0.4 is 16.0 Å². The highest BCUT2D eigenvalue weighted by Gasteiger charge is 2.30. The number of nitrogens with one attached hydrogen (secondary N) is 3. The fourth-order valence-electron chi connectivity index (χ4n) is 2.94. The van der Waals surface area contributed by atoms with E-state index in [2.05, 4.69) is 16.0 Å². The van der Waals surface area contributed by atoms with Gasteiger partial charge in [-0.25, -0.2) is 4.39 Å². The molecular weight excluding hydrogens is 273 g/mol. The molecule has 1 saturated heterocycles. The summed E-state index contributed by atoms with van der Waals surface area (Å²) in [6.07, 6.45) is 1.63. The Hall–Kier alpha value is -1.95. The minimum absolute atomic E-state index is 0.0833. The first-order valence-corrected chi connectivity index (χ1v) is 7.21. The van der Waals surface area contributed by atoms with Crippen molar-refractivity contribution in [1.29, 1.82) is 0 Å². The summed E-state index contributed by atoms with van der Waals surface area (Å²) in [5.74, 6) is -0.889. The molecule has 3 rings (SSSR count). The molecule has 1 aromatic rings. The monoisotopic (exact) mass is 291 g/mol. The predicted octanol–water partition coefficient (Wildman–Crippen LogP) is 1.65. The Balaban J connectivity index is 1.80. The molecule has 2 amide bonds. The highest BCUT2D eigenvalue weighted by molar-refractivity contribution is 5.97. The summed E-state index contributed by atoms with van der Waals surface area (Å²) >= 11 is 0. The Morgan fingerprint density at radius 3 is 2.90 bits per heavy atom. The lowest BCUT2D eigenvalue weighted by Crippen LogP contribution is -2.32. The van der Waals surface area contributed by atoms with Crippen LogP contribution in [0.15, 0.2) is 12.1 Å². The molecule has 2 unspecified atom stereocenters. The molecule has 2 aliphatic rings. The predicted molar refractivity (Wildman–Crippen MR) is 77.6 cm³/mol. The van der Waals surface area contributed by atoms with Crippen molar-refractivity contribution < 1.29 is 14.0 Å². The number of benzene rings is 1. The fraction of sp³-hybridized carbons (Fsp3) is 0.467. The van der Waals surface area contributed by atoms with Gasteiger partial charge in [0.1, 0.15) is 5.82 Å². The van der Waals surface area contributed by atoms with Gasteiger partial charge in [-0.3, -0.25) is 9.59 Å². The van der Waals surface area contributed by atoms with Crippen LogP contribution in [0, 0.1) is 11.7 Å². The first-order valence-electron chi connectivity index (χ1n) is 7.21. The van der Waals surface area contributed by atoms with Crippen LogP contribution in [0.4, 0.5) is 15.8 Å². The summed E-state index contributed by atoms with van der Waals surface area (Å²) in [5.41, 5.74) is 1.47. The zero-order valence-electron chi connectivity index (χ0n) is 11.8. The molecule has 2 aliphatic heterocycles.